The van der Waals surface area contributed by atoms with Crippen molar-refractivity contribution in [3.63, 3.8) is 0 Å². The lowest BCUT2D eigenvalue weighted by Gasteiger charge is -2.46. The van der Waals surface area contributed by atoms with Crippen LogP contribution in [0.25, 0.3) is 0 Å². The number of hydrogen-bond donors (Lipinski definition) is 1. The summed E-state index contributed by atoms with van der Waals surface area (Å²) in [6.45, 7) is 6.60. The van der Waals surface area contributed by atoms with Crippen molar-refractivity contribution in [1.82, 2.24) is 5.32 Å². The van der Waals surface area contributed by atoms with Crippen LogP contribution in [0.5, 0.6) is 0 Å². The van der Waals surface area contributed by atoms with E-state index in [0.717, 1.165) is 66.3 Å². The van der Waals surface area contributed by atoms with E-state index >= 15 is 0 Å². The number of rotatable bonds is 56. The number of amides is 1. The maximum Gasteiger partial charge on any atom is 0.220 e. The Morgan fingerprint density at radius 2 is 0.761 bits per heavy atom. The first-order valence-electron chi connectivity index (χ1n) is 36.9. The molecule has 0 radical (unpaired) electrons. The molecule has 0 unspecified atom stereocenters. The molecule has 10 heteroatoms. The first kappa shape index (κ1) is 76.3. The van der Waals surface area contributed by atoms with E-state index in [-0.39, 0.29) is 25.2 Å². The summed E-state index contributed by atoms with van der Waals surface area (Å²) in [5, 5.41) is 3.53. The van der Waals surface area contributed by atoms with Gasteiger partial charge in [-0.1, -0.05) is 358 Å². The molecule has 5 aromatic carbocycles. The lowest BCUT2D eigenvalue weighted by molar-refractivity contribution is -0.324. The van der Waals surface area contributed by atoms with Crippen LogP contribution in [0, 0.1) is 0 Å². The Morgan fingerprint density at radius 3 is 1.17 bits per heavy atom. The monoisotopic (exact) mass is 1270 g/mol. The zero-order chi connectivity index (χ0) is 64.4. The predicted octanol–water partition coefficient (Wildman–Crippen LogP) is 20.7. The van der Waals surface area contributed by atoms with Crippen molar-refractivity contribution in [3.05, 3.63) is 179 Å². The van der Waals surface area contributed by atoms with Gasteiger partial charge in [0.05, 0.1) is 58.4 Å². The molecule has 0 spiro atoms. The van der Waals surface area contributed by atoms with E-state index in [9.17, 15) is 4.79 Å². The number of unbranched alkanes of at least 4 members (excludes halogenated alkanes) is 29. The smallest absolute Gasteiger partial charge is 0.220 e. The van der Waals surface area contributed by atoms with Gasteiger partial charge in [-0.05, 0) is 40.7 Å². The Balaban J connectivity index is 1.19. The van der Waals surface area contributed by atoms with Crippen molar-refractivity contribution in [2.24, 2.45) is 0 Å². The second-order valence-corrected chi connectivity index (χ2v) is 26.2. The van der Waals surface area contributed by atoms with E-state index in [4.69, 9.17) is 37.9 Å². The summed E-state index contributed by atoms with van der Waals surface area (Å²) in [4.78, 5) is 14.7. The van der Waals surface area contributed by atoms with Gasteiger partial charge < -0.3 is 43.2 Å². The second kappa shape index (κ2) is 50.6. The van der Waals surface area contributed by atoms with Gasteiger partial charge in [0.15, 0.2) is 6.29 Å². The van der Waals surface area contributed by atoms with Crippen LogP contribution in [0.15, 0.2) is 152 Å². The van der Waals surface area contributed by atoms with Gasteiger partial charge in [0.1, 0.15) is 30.5 Å². The molecule has 1 amide bonds. The fourth-order valence-corrected chi connectivity index (χ4v) is 12.8. The van der Waals surface area contributed by atoms with Crippen LogP contribution in [-0.2, 0) is 75.7 Å². The molecule has 1 N–H and O–H groups in total. The molecule has 8 atom stereocenters. The highest BCUT2D eigenvalue weighted by Crippen LogP contribution is 2.32. The Bertz CT molecular complexity index is 2470. The molecule has 1 aliphatic rings. The Labute approximate surface area is 558 Å². The molecule has 510 valence electrons. The van der Waals surface area contributed by atoms with Gasteiger partial charge in [0.2, 0.25) is 5.91 Å². The van der Waals surface area contributed by atoms with E-state index in [1.165, 1.54) is 167 Å². The van der Waals surface area contributed by atoms with E-state index in [0.29, 0.717) is 39.5 Å². The highest BCUT2D eigenvalue weighted by atomic mass is 16.7. The number of benzene rings is 5. The van der Waals surface area contributed by atoms with E-state index < -0.39 is 42.9 Å². The fraction of sp³-hybridized carbons (Fsp3) is 0.622. The molecule has 1 heterocycles. The van der Waals surface area contributed by atoms with Gasteiger partial charge >= 0.3 is 0 Å². The van der Waals surface area contributed by atoms with Crippen LogP contribution in [0.3, 0.4) is 0 Å². The molecule has 1 saturated heterocycles. The van der Waals surface area contributed by atoms with Crippen molar-refractivity contribution in [2.75, 3.05) is 20.3 Å². The minimum absolute atomic E-state index is 0.0236. The van der Waals surface area contributed by atoms with Crippen LogP contribution >= 0.6 is 0 Å². The van der Waals surface area contributed by atoms with Gasteiger partial charge in [0, 0.05) is 13.5 Å². The minimum atomic E-state index is -0.948. The lowest BCUT2D eigenvalue weighted by Crippen LogP contribution is -2.62. The second-order valence-electron chi connectivity index (χ2n) is 26.2. The maximum absolute atomic E-state index is 14.7. The number of carbonyl (C=O) groups excluding carboxylic acids is 1. The third kappa shape index (κ3) is 33.1. The molecule has 10 nitrogen and oxygen atoms in total. The van der Waals surface area contributed by atoms with Gasteiger partial charge in [-0.15, -0.1) is 0 Å². The third-order valence-corrected chi connectivity index (χ3v) is 18.3. The van der Waals surface area contributed by atoms with Crippen LogP contribution in [0.1, 0.15) is 254 Å². The number of carbonyl (C=O) groups is 1. The molecule has 5 aromatic rings. The Kier molecular flexibility index (Phi) is 42.0. The molecular formula is C82H123NO9. The van der Waals surface area contributed by atoms with Crippen LogP contribution in [-0.4, -0.2) is 75.2 Å². The van der Waals surface area contributed by atoms with Crippen molar-refractivity contribution in [1.29, 1.82) is 0 Å². The topological polar surface area (TPSA) is 103 Å². The van der Waals surface area contributed by atoms with Crippen molar-refractivity contribution < 1.29 is 42.7 Å². The molecule has 0 bridgehead atoms. The fourth-order valence-electron chi connectivity index (χ4n) is 12.8. The number of ether oxygens (including phenoxy) is 8. The van der Waals surface area contributed by atoms with Gasteiger partial charge in [-0.3, -0.25) is 4.79 Å². The molecule has 1 aliphatic heterocycles. The zero-order valence-electron chi connectivity index (χ0n) is 57.5. The van der Waals surface area contributed by atoms with Crippen LogP contribution in [0.4, 0.5) is 0 Å². The predicted molar refractivity (Wildman–Crippen MR) is 377 cm³/mol. The van der Waals surface area contributed by atoms with E-state index in [1.807, 2.05) is 78.9 Å². The van der Waals surface area contributed by atoms with E-state index in [2.05, 4.69) is 92.0 Å². The van der Waals surface area contributed by atoms with Gasteiger partial charge in [-0.25, -0.2) is 0 Å². The highest BCUT2D eigenvalue weighted by molar-refractivity contribution is 5.76. The lowest BCUT2D eigenvalue weighted by atomic mass is 9.97. The quantitative estimate of drug-likeness (QED) is 0.0381. The largest absolute Gasteiger partial charge is 0.374 e. The molecule has 1 fully saturated rings. The van der Waals surface area contributed by atoms with Gasteiger partial charge in [-0.2, -0.15) is 0 Å². The minimum Gasteiger partial charge on any atom is -0.374 e. The summed E-state index contributed by atoms with van der Waals surface area (Å²) < 4.78 is 55.4. The summed E-state index contributed by atoms with van der Waals surface area (Å²) in [5.74, 6) is -0.0236. The number of methoxy groups -OCH3 is 1. The average Bonchev–Trinajstić information content (AvgIpc) is 0.845. The number of hydrogen-bond acceptors (Lipinski definition) is 9. The summed E-state index contributed by atoms with van der Waals surface area (Å²) >= 11 is 0. The molecule has 0 saturated carbocycles. The van der Waals surface area contributed by atoms with E-state index in [1.54, 1.807) is 7.11 Å². The van der Waals surface area contributed by atoms with Crippen LogP contribution < -0.4 is 5.32 Å². The Hall–Kier alpha value is -4.75. The first-order chi connectivity index (χ1) is 45.5. The molecule has 6 rings (SSSR count). The van der Waals surface area contributed by atoms with Gasteiger partial charge in [0.25, 0.3) is 0 Å². The summed E-state index contributed by atoms with van der Waals surface area (Å²) in [6.07, 6.45) is 36.5. The van der Waals surface area contributed by atoms with Crippen molar-refractivity contribution in [3.8, 4) is 0 Å². The zero-order valence-corrected chi connectivity index (χ0v) is 57.5. The highest BCUT2D eigenvalue weighted by Gasteiger charge is 2.49. The van der Waals surface area contributed by atoms with Crippen LogP contribution in [0.2, 0.25) is 0 Å². The Morgan fingerprint density at radius 1 is 0.402 bits per heavy atom. The standard InChI is InChI=1S/C82H123NO9/c1-4-6-8-10-12-14-16-18-19-20-21-22-23-24-26-28-30-32-49-61-77(84)83-74(78(88-64-71-54-42-35-43-55-71)75(87-63-70-52-40-34-41-53-70)60-48-31-29-27-25-17-15-13-11-9-7-5-2)67-91-82-81(85-3)80(90-66-73-58-46-37-47-59-73)79(89-65-72-56-44-36-45-57-72)76(92-82)68-86-62-69-50-38-33-39-51-69/h33-47,50-59,74-76,78-82H,4-32,48-49,60-68H2,1-3H3,(H,83,84)/t74-,75+,76+,78-,79-,80-,81+,82-/m0/s1. The number of nitrogens with one attached hydrogen (secondary N) is 1. The normalized spacial score (nSPS) is 17.6. The molecule has 0 aromatic heterocycles. The summed E-state index contributed by atoms with van der Waals surface area (Å²) in [5.41, 5.74) is 5.22. The third-order valence-electron chi connectivity index (χ3n) is 18.3. The first-order valence-corrected chi connectivity index (χ1v) is 36.9. The molecule has 0 aliphatic carbocycles. The summed E-state index contributed by atoms with van der Waals surface area (Å²) in [7, 11) is 1.68. The summed E-state index contributed by atoms with van der Waals surface area (Å²) in [6, 6.07) is 50.6. The maximum atomic E-state index is 14.7. The molecular weight excluding hydrogens is 1140 g/mol. The van der Waals surface area contributed by atoms with Crippen molar-refractivity contribution in [2.45, 2.75) is 308 Å². The SMILES string of the molecule is CCCCCCCCCCCCCCCCCCCCCC(=O)N[C@@H](CO[C@H]1O[C@H](COCc2ccccc2)[C@H](OCc2ccccc2)[C@H](OCc2ccccc2)[C@H]1OC)[C@H](OCc1ccccc1)[C@@H](CCCCCCCCCCCCCC)OCc1ccccc1. The van der Waals surface area contributed by atoms with Crippen molar-refractivity contribution >= 4 is 5.91 Å². The molecule has 92 heavy (non-hydrogen) atoms. The average molecular weight is 1270 g/mol.